The molecule has 2 heterocycles. The minimum Gasteiger partial charge on any atom is -0.454 e. The van der Waals surface area contributed by atoms with E-state index in [1.165, 1.54) is 24.8 Å². The maximum Gasteiger partial charge on any atom is 0.231 e. The molecule has 3 rings (SSSR count). The van der Waals surface area contributed by atoms with Gasteiger partial charge in [-0.2, -0.15) is 0 Å². The average molecular weight is 276 g/mol. The van der Waals surface area contributed by atoms with Gasteiger partial charge in [0.2, 0.25) is 6.79 Å². The lowest BCUT2D eigenvalue weighted by molar-refractivity contribution is 0.173. The summed E-state index contributed by atoms with van der Waals surface area (Å²) < 4.78 is 10.9. The van der Waals surface area contributed by atoms with Crippen LogP contribution in [0.1, 0.15) is 37.8 Å². The molecule has 2 aliphatic rings. The molecule has 4 heteroatoms. The molecule has 0 saturated carbocycles. The normalized spacial score (nSPS) is 24.4. The molecule has 2 N–H and O–H groups in total. The van der Waals surface area contributed by atoms with E-state index in [0.717, 1.165) is 30.5 Å². The van der Waals surface area contributed by atoms with Gasteiger partial charge in [0.05, 0.1) is 0 Å². The van der Waals surface area contributed by atoms with Crippen LogP contribution in [-0.2, 0) is 0 Å². The van der Waals surface area contributed by atoms with E-state index in [0.29, 0.717) is 13.3 Å². The maximum atomic E-state index is 6.05. The van der Waals surface area contributed by atoms with Gasteiger partial charge in [0, 0.05) is 12.6 Å². The SMILES string of the molecule is CC1CCCN(C(CN)c2ccc3c(c2)OCO3)CC1. The summed E-state index contributed by atoms with van der Waals surface area (Å²) in [7, 11) is 0. The molecule has 2 aliphatic heterocycles. The van der Waals surface area contributed by atoms with Crippen LogP contribution in [0.4, 0.5) is 0 Å². The second-order valence-corrected chi connectivity index (χ2v) is 5.94. The Bertz CT molecular complexity index is 464. The Labute approximate surface area is 120 Å². The standard InChI is InChI=1S/C16H24N2O2/c1-12-3-2-7-18(8-6-12)14(10-17)13-4-5-15-16(9-13)20-11-19-15/h4-5,9,12,14H,2-3,6-8,10-11,17H2,1H3. The summed E-state index contributed by atoms with van der Waals surface area (Å²) >= 11 is 0. The predicted octanol–water partition coefficient (Wildman–Crippen LogP) is 2.54. The van der Waals surface area contributed by atoms with E-state index in [1.807, 2.05) is 6.07 Å². The van der Waals surface area contributed by atoms with Crippen LogP contribution in [0, 0.1) is 5.92 Å². The van der Waals surface area contributed by atoms with Gasteiger partial charge in [0.15, 0.2) is 11.5 Å². The fourth-order valence-electron chi connectivity index (χ4n) is 3.21. The van der Waals surface area contributed by atoms with Crippen LogP contribution in [0.5, 0.6) is 11.5 Å². The zero-order valence-electron chi connectivity index (χ0n) is 12.2. The van der Waals surface area contributed by atoms with E-state index in [1.54, 1.807) is 0 Å². The summed E-state index contributed by atoms with van der Waals surface area (Å²) in [6.07, 6.45) is 3.86. The van der Waals surface area contributed by atoms with Gasteiger partial charge in [0.1, 0.15) is 0 Å². The Balaban J connectivity index is 1.78. The Morgan fingerprint density at radius 1 is 1.25 bits per heavy atom. The Morgan fingerprint density at radius 2 is 2.10 bits per heavy atom. The van der Waals surface area contributed by atoms with Gasteiger partial charge in [-0.3, -0.25) is 4.90 Å². The highest BCUT2D eigenvalue weighted by atomic mass is 16.7. The molecule has 1 fully saturated rings. The van der Waals surface area contributed by atoms with Crippen molar-refractivity contribution in [2.24, 2.45) is 11.7 Å². The Kier molecular flexibility index (Phi) is 4.13. The first-order valence-corrected chi connectivity index (χ1v) is 7.61. The topological polar surface area (TPSA) is 47.7 Å². The minimum atomic E-state index is 0.287. The summed E-state index contributed by atoms with van der Waals surface area (Å²) in [6.45, 7) is 5.60. The molecule has 0 aromatic heterocycles. The van der Waals surface area contributed by atoms with Crippen molar-refractivity contribution in [3.63, 3.8) is 0 Å². The van der Waals surface area contributed by atoms with Gasteiger partial charge in [0.25, 0.3) is 0 Å². The first kappa shape index (κ1) is 13.7. The molecule has 4 nitrogen and oxygen atoms in total. The molecule has 110 valence electrons. The average Bonchev–Trinajstić information content (AvgIpc) is 2.82. The van der Waals surface area contributed by atoms with Crippen molar-refractivity contribution in [3.05, 3.63) is 23.8 Å². The van der Waals surface area contributed by atoms with Crippen LogP contribution in [-0.4, -0.2) is 31.3 Å². The molecule has 0 radical (unpaired) electrons. The molecule has 1 aromatic carbocycles. The zero-order chi connectivity index (χ0) is 13.9. The molecular weight excluding hydrogens is 252 g/mol. The lowest BCUT2D eigenvalue weighted by atomic mass is 10.0. The third-order valence-corrected chi connectivity index (χ3v) is 4.50. The van der Waals surface area contributed by atoms with Crippen molar-refractivity contribution >= 4 is 0 Å². The minimum absolute atomic E-state index is 0.287. The van der Waals surface area contributed by atoms with Crippen LogP contribution >= 0.6 is 0 Å². The molecule has 20 heavy (non-hydrogen) atoms. The molecule has 1 aromatic rings. The smallest absolute Gasteiger partial charge is 0.231 e. The van der Waals surface area contributed by atoms with E-state index in [-0.39, 0.29) is 6.04 Å². The van der Waals surface area contributed by atoms with E-state index in [2.05, 4.69) is 24.0 Å². The van der Waals surface area contributed by atoms with Gasteiger partial charge in [-0.05, 0) is 56.0 Å². The molecule has 2 unspecified atom stereocenters. The summed E-state index contributed by atoms with van der Waals surface area (Å²) in [5.41, 5.74) is 7.29. The molecular formula is C16H24N2O2. The Morgan fingerprint density at radius 3 is 2.95 bits per heavy atom. The first-order valence-electron chi connectivity index (χ1n) is 7.61. The number of likely N-dealkylation sites (tertiary alicyclic amines) is 1. The lowest BCUT2D eigenvalue weighted by Crippen LogP contribution is -2.34. The van der Waals surface area contributed by atoms with E-state index in [4.69, 9.17) is 15.2 Å². The third-order valence-electron chi connectivity index (χ3n) is 4.50. The van der Waals surface area contributed by atoms with Crippen molar-refractivity contribution < 1.29 is 9.47 Å². The van der Waals surface area contributed by atoms with Crippen molar-refractivity contribution in [3.8, 4) is 11.5 Å². The van der Waals surface area contributed by atoms with Crippen LogP contribution in [0.15, 0.2) is 18.2 Å². The van der Waals surface area contributed by atoms with Gasteiger partial charge in [-0.25, -0.2) is 0 Å². The molecule has 2 atom stereocenters. The number of nitrogens with two attached hydrogens (primary N) is 1. The summed E-state index contributed by atoms with van der Waals surface area (Å²) in [6, 6.07) is 6.50. The van der Waals surface area contributed by atoms with E-state index in [9.17, 15) is 0 Å². The number of benzene rings is 1. The van der Waals surface area contributed by atoms with Crippen LogP contribution in [0.3, 0.4) is 0 Å². The molecule has 0 amide bonds. The highest BCUT2D eigenvalue weighted by Crippen LogP contribution is 2.35. The van der Waals surface area contributed by atoms with Crippen LogP contribution < -0.4 is 15.2 Å². The highest BCUT2D eigenvalue weighted by Gasteiger charge is 2.24. The van der Waals surface area contributed by atoms with E-state index < -0.39 is 0 Å². The number of rotatable bonds is 3. The quantitative estimate of drug-likeness (QED) is 0.921. The number of hydrogen-bond acceptors (Lipinski definition) is 4. The summed E-state index contributed by atoms with van der Waals surface area (Å²) in [5, 5.41) is 0. The zero-order valence-corrected chi connectivity index (χ0v) is 12.2. The van der Waals surface area contributed by atoms with Crippen molar-refractivity contribution in [2.45, 2.75) is 32.2 Å². The van der Waals surface area contributed by atoms with Gasteiger partial charge >= 0.3 is 0 Å². The van der Waals surface area contributed by atoms with Crippen molar-refractivity contribution in [1.82, 2.24) is 4.90 Å². The van der Waals surface area contributed by atoms with Gasteiger partial charge in [-0.15, -0.1) is 0 Å². The number of nitrogens with zero attached hydrogens (tertiary/aromatic N) is 1. The van der Waals surface area contributed by atoms with E-state index >= 15 is 0 Å². The second kappa shape index (κ2) is 6.02. The van der Waals surface area contributed by atoms with Crippen molar-refractivity contribution in [1.29, 1.82) is 0 Å². The van der Waals surface area contributed by atoms with Crippen LogP contribution in [0.25, 0.3) is 0 Å². The van der Waals surface area contributed by atoms with Gasteiger partial charge in [-0.1, -0.05) is 13.0 Å². The number of hydrogen-bond donors (Lipinski definition) is 1. The van der Waals surface area contributed by atoms with Gasteiger partial charge < -0.3 is 15.2 Å². The maximum absolute atomic E-state index is 6.05. The lowest BCUT2D eigenvalue weighted by Gasteiger charge is -2.30. The van der Waals surface area contributed by atoms with Crippen LogP contribution in [0.2, 0.25) is 0 Å². The fourth-order valence-corrected chi connectivity index (χ4v) is 3.21. The summed E-state index contributed by atoms with van der Waals surface area (Å²) in [5.74, 6) is 2.52. The monoisotopic (exact) mass is 276 g/mol. The Hall–Kier alpha value is -1.26. The molecule has 1 saturated heterocycles. The highest BCUT2D eigenvalue weighted by molar-refractivity contribution is 5.45. The molecule has 0 aliphatic carbocycles. The first-order chi connectivity index (χ1) is 9.78. The molecule has 0 bridgehead atoms. The number of fused-ring (bicyclic) bond motifs is 1. The molecule has 0 spiro atoms. The number of ether oxygens (including phenoxy) is 2. The third kappa shape index (κ3) is 2.76. The van der Waals surface area contributed by atoms with Crippen molar-refractivity contribution in [2.75, 3.05) is 26.4 Å². The second-order valence-electron chi connectivity index (χ2n) is 5.94. The predicted molar refractivity (Wildman–Crippen MR) is 78.9 cm³/mol. The largest absolute Gasteiger partial charge is 0.454 e. The fraction of sp³-hybridized carbons (Fsp3) is 0.625. The summed E-state index contributed by atoms with van der Waals surface area (Å²) in [4.78, 5) is 2.53.